The molecule has 4 nitrogen and oxygen atoms in total. The second-order valence-corrected chi connectivity index (χ2v) is 6.05. The molecule has 0 aliphatic rings. The Bertz CT molecular complexity index is 452. The Morgan fingerprint density at radius 1 is 1.50 bits per heavy atom. The molecule has 1 aromatic rings. The number of thiophene rings is 1. The molecule has 0 saturated heterocycles. The summed E-state index contributed by atoms with van der Waals surface area (Å²) in [6.45, 7) is 7.43. The predicted octanol–water partition coefficient (Wildman–Crippen LogP) is 2.75. The normalized spacial score (nSPS) is 13.8. The highest BCUT2D eigenvalue weighted by molar-refractivity contribution is 7.10. The lowest BCUT2D eigenvalue weighted by molar-refractivity contribution is -0.132. The third kappa shape index (κ3) is 4.62. The van der Waals surface area contributed by atoms with E-state index in [1.54, 1.807) is 16.2 Å². The van der Waals surface area contributed by atoms with Gasteiger partial charge in [-0.1, -0.05) is 6.07 Å². The summed E-state index contributed by atoms with van der Waals surface area (Å²) >= 11 is 1.71. The van der Waals surface area contributed by atoms with Crippen LogP contribution in [0.4, 0.5) is 0 Å². The number of nitrogens with zero attached hydrogens (tertiary/aromatic N) is 3. The first kappa shape index (κ1) is 16.7. The van der Waals surface area contributed by atoms with Crippen LogP contribution in [-0.4, -0.2) is 42.4 Å². The molecule has 1 aromatic heterocycles. The Labute approximate surface area is 125 Å². The second-order valence-electron chi connectivity index (χ2n) is 5.07. The Kier molecular flexibility index (Phi) is 6.69. The van der Waals surface area contributed by atoms with E-state index in [0.717, 1.165) is 0 Å². The number of hydrogen-bond acceptors (Lipinski definition) is 4. The Balaban J connectivity index is 2.57. The fourth-order valence-corrected chi connectivity index (χ4v) is 2.82. The molecular weight excluding hydrogens is 270 g/mol. The third-order valence-corrected chi connectivity index (χ3v) is 4.49. The number of nitriles is 1. The lowest BCUT2D eigenvalue weighted by Gasteiger charge is -2.28. The molecule has 20 heavy (non-hydrogen) atoms. The van der Waals surface area contributed by atoms with Crippen molar-refractivity contribution in [3.63, 3.8) is 0 Å². The van der Waals surface area contributed by atoms with Crippen LogP contribution in [0.5, 0.6) is 0 Å². The quantitative estimate of drug-likeness (QED) is 0.776. The van der Waals surface area contributed by atoms with Crippen LogP contribution < -0.4 is 0 Å². The lowest BCUT2D eigenvalue weighted by Crippen LogP contribution is -2.41. The van der Waals surface area contributed by atoms with Crippen molar-refractivity contribution in [3.05, 3.63) is 22.4 Å². The molecule has 1 rings (SSSR count). The van der Waals surface area contributed by atoms with E-state index in [1.807, 2.05) is 31.9 Å². The maximum atomic E-state index is 12.3. The first-order valence-electron chi connectivity index (χ1n) is 6.90. The summed E-state index contributed by atoms with van der Waals surface area (Å²) in [5.41, 5.74) is 0. The highest BCUT2D eigenvalue weighted by Crippen LogP contribution is 2.23. The maximum absolute atomic E-state index is 12.3. The predicted molar refractivity (Wildman–Crippen MR) is 82.4 cm³/mol. The van der Waals surface area contributed by atoms with Gasteiger partial charge in [0.15, 0.2) is 0 Å². The van der Waals surface area contributed by atoms with Gasteiger partial charge < -0.3 is 4.90 Å². The van der Waals surface area contributed by atoms with Crippen LogP contribution in [0.1, 0.15) is 31.7 Å². The smallest absolute Gasteiger partial charge is 0.236 e. The van der Waals surface area contributed by atoms with Crippen LogP contribution in [0.2, 0.25) is 0 Å². The van der Waals surface area contributed by atoms with Crippen LogP contribution >= 0.6 is 11.3 Å². The second kappa shape index (κ2) is 8.03. The van der Waals surface area contributed by atoms with E-state index in [-0.39, 0.29) is 17.9 Å². The monoisotopic (exact) mass is 293 g/mol. The Morgan fingerprint density at radius 3 is 2.70 bits per heavy atom. The van der Waals surface area contributed by atoms with E-state index >= 15 is 0 Å². The van der Waals surface area contributed by atoms with Gasteiger partial charge >= 0.3 is 0 Å². The summed E-state index contributed by atoms with van der Waals surface area (Å²) in [4.78, 5) is 17.4. The van der Waals surface area contributed by atoms with Crippen LogP contribution in [0.15, 0.2) is 17.5 Å². The van der Waals surface area contributed by atoms with Gasteiger partial charge in [-0.15, -0.1) is 11.3 Å². The van der Waals surface area contributed by atoms with E-state index in [9.17, 15) is 4.79 Å². The van der Waals surface area contributed by atoms with Gasteiger partial charge in [-0.25, -0.2) is 0 Å². The molecule has 2 atom stereocenters. The zero-order chi connectivity index (χ0) is 15.1. The summed E-state index contributed by atoms with van der Waals surface area (Å²) < 4.78 is 0. The van der Waals surface area contributed by atoms with Crippen LogP contribution in [0.3, 0.4) is 0 Å². The third-order valence-electron chi connectivity index (χ3n) is 3.45. The fourth-order valence-electron chi connectivity index (χ4n) is 1.98. The van der Waals surface area contributed by atoms with Gasteiger partial charge in [-0.3, -0.25) is 9.69 Å². The molecule has 1 amide bonds. The highest BCUT2D eigenvalue weighted by Gasteiger charge is 2.20. The fraction of sp³-hybridized carbons (Fsp3) is 0.600. The van der Waals surface area contributed by atoms with Crippen molar-refractivity contribution in [1.82, 2.24) is 9.80 Å². The van der Waals surface area contributed by atoms with Gasteiger partial charge in [-0.2, -0.15) is 5.26 Å². The molecule has 0 bridgehead atoms. The summed E-state index contributed by atoms with van der Waals surface area (Å²) in [5, 5.41) is 10.9. The summed E-state index contributed by atoms with van der Waals surface area (Å²) in [6.07, 6.45) is 0. The number of likely N-dealkylation sites (N-methyl/N-ethyl adjacent to an activating group) is 2. The number of hydrogen-bond donors (Lipinski definition) is 0. The van der Waals surface area contributed by atoms with Gasteiger partial charge in [0.05, 0.1) is 18.5 Å². The number of carbonyl (C=O) groups excluding carboxylic acids is 1. The molecule has 1 heterocycles. The van der Waals surface area contributed by atoms with Crippen LogP contribution in [0.25, 0.3) is 0 Å². The number of carbonyl (C=O) groups is 1. The van der Waals surface area contributed by atoms with Crippen molar-refractivity contribution in [2.45, 2.75) is 26.8 Å². The first-order chi connectivity index (χ1) is 9.49. The molecule has 0 spiro atoms. The molecule has 2 unspecified atom stereocenters. The molecule has 0 fully saturated rings. The van der Waals surface area contributed by atoms with Gasteiger partial charge in [0.25, 0.3) is 0 Å². The summed E-state index contributed by atoms with van der Waals surface area (Å²) in [5.74, 6) is -0.0422. The maximum Gasteiger partial charge on any atom is 0.236 e. The van der Waals surface area contributed by atoms with Gasteiger partial charge in [0, 0.05) is 24.0 Å². The molecule has 0 radical (unpaired) electrons. The largest absolute Gasteiger partial charge is 0.341 e. The molecule has 0 N–H and O–H groups in total. The zero-order valence-corrected chi connectivity index (χ0v) is 13.5. The minimum absolute atomic E-state index is 0.0838. The molecular formula is C15H23N3OS. The molecule has 0 saturated carbocycles. The van der Waals surface area contributed by atoms with Crippen LogP contribution in [-0.2, 0) is 4.79 Å². The highest BCUT2D eigenvalue weighted by atomic mass is 32.1. The average Bonchev–Trinajstić information content (AvgIpc) is 2.97. The van der Waals surface area contributed by atoms with Gasteiger partial charge in [-0.05, 0) is 39.3 Å². The Hall–Kier alpha value is -1.38. The molecule has 0 aromatic carbocycles. The van der Waals surface area contributed by atoms with E-state index in [2.05, 4.69) is 24.4 Å². The topological polar surface area (TPSA) is 47.3 Å². The van der Waals surface area contributed by atoms with Crippen molar-refractivity contribution >= 4 is 17.2 Å². The van der Waals surface area contributed by atoms with E-state index in [4.69, 9.17) is 5.26 Å². The van der Waals surface area contributed by atoms with Crippen molar-refractivity contribution < 1.29 is 4.79 Å². The average molecular weight is 293 g/mol. The van der Waals surface area contributed by atoms with Gasteiger partial charge in [0.2, 0.25) is 5.91 Å². The van der Waals surface area contributed by atoms with Crippen molar-refractivity contribution in [1.29, 1.82) is 5.26 Å². The summed E-state index contributed by atoms with van der Waals surface area (Å²) in [7, 11) is 1.96. The molecule has 0 aliphatic heterocycles. The van der Waals surface area contributed by atoms with E-state index < -0.39 is 0 Å². The van der Waals surface area contributed by atoms with E-state index in [0.29, 0.717) is 19.6 Å². The SMILES string of the molecule is CCN(CC(C)C#N)C(=O)CN(C)C(C)c1cccs1. The Morgan fingerprint density at radius 2 is 2.20 bits per heavy atom. The first-order valence-corrected chi connectivity index (χ1v) is 7.78. The minimum Gasteiger partial charge on any atom is -0.341 e. The summed E-state index contributed by atoms with van der Waals surface area (Å²) in [6, 6.07) is 6.52. The number of amides is 1. The van der Waals surface area contributed by atoms with Crippen molar-refractivity contribution in [2.24, 2.45) is 5.92 Å². The molecule has 110 valence electrons. The standard InChI is InChI=1S/C15H23N3OS/c1-5-18(10-12(2)9-16)15(19)11-17(4)13(3)14-7-6-8-20-14/h6-8,12-13H,5,10-11H2,1-4H3. The van der Waals surface area contributed by atoms with Crippen molar-refractivity contribution in [2.75, 3.05) is 26.7 Å². The van der Waals surface area contributed by atoms with Crippen LogP contribution in [0, 0.1) is 17.2 Å². The number of rotatable bonds is 7. The van der Waals surface area contributed by atoms with Crippen molar-refractivity contribution in [3.8, 4) is 6.07 Å². The minimum atomic E-state index is -0.126. The molecule has 0 aliphatic carbocycles. The molecule has 5 heteroatoms. The van der Waals surface area contributed by atoms with E-state index in [1.165, 1.54) is 4.88 Å². The van der Waals surface area contributed by atoms with Gasteiger partial charge in [0.1, 0.15) is 0 Å². The zero-order valence-electron chi connectivity index (χ0n) is 12.7. The lowest BCUT2D eigenvalue weighted by atomic mass is 10.2.